The van der Waals surface area contributed by atoms with Gasteiger partial charge in [-0.3, -0.25) is 5.43 Å². The second-order valence-corrected chi connectivity index (χ2v) is 9.02. The molecule has 178 valence electrons. The number of benzene rings is 2. The third-order valence-corrected chi connectivity index (χ3v) is 6.43. The number of ether oxygens (including phenoxy) is 1. The molecule has 0 atom stereocenters. The maximum absolute atomic E-state index is 13.0. The highest BCUT2D eigenvalue weighted by Gasteiger charge is 2.31. The van der Waals surface area contributed by atoms with Crippen LogP contribution in [-0.4, -0.2) is 42.6 Å². The van der Waals surface area contributed by atoms with E-state index in [0.29, 0.717) is 13.2 Å². The minimum absolute atomic E-state index is 0.00310. The van der Waals surface area contributed by atoms with Crippen molar-refractivity contribution in [1.82, 2.24) is 10.4 Å². The molecular weight excluding hydrogens is 507 g/mol. The highest BCUT2D eigenvalue weighted by Crippen LogP contribution is 2.34. The van der Waals surface area contributed by atoms with Crippen molar-refractivity contribution in [2.75, 3.05) is 36.5 Å². The van der Waals surface area contributed by atoms with Gasteiger partial charge in [-0.1, -0.05) is 53.3 Å². The summed E-state index contributed by atoms with van der Waals surface area (Å²) in [7, 11) is 0. The monoisotopic (exact) mass is 525 g/mol. The number of alkyl halides is 3. The third kappa shape index (κ3) is 6.03. The molecule has 1 saturated heterocycles. The molecule has 0 spiro atoms. The Morgan fingerprint density at radius 3 is 2.62 bits per heavy atom. The van der Waals surface area contributed by atoms with E-state index in [4.69, 9.17) is 33.5 Å². The largest absolute Gasteiger partial charge is 0.416 e. The van der Waals surface area contributed by atoms with Crippen LogP contribution in [0.3, 0.4) is 0 Å². The smallest absolute Gasteiger partial charge is 0.378 e. The van der Waals surface area contributed by atoms with E-state index >= 15 is 0 Å². The first-order valence-corrected chi connectivity index (χ1v) is 11.8. The Morgan fingerprint density at radius 1 is 1.18 bits per heavy atom. The number of aromatic nitrogens is 1. The summed E-state index contributed by atoms with van der Waals surface area (Å²) < 4.78 is 44.4. The summed E-state index contributed by atoms with van der Waals surface area (Å²) in [5, 5.41) is 7.78. The molecule has 0 aliphatic carbocycles. The summed E-state index contributed by atoms with van der Waals surface area (Å²) in [5.74, 6) is 0. The number of hydrogen-bond donors (Lipinski definition) is 2. The SMILES string of the molecule is FC(F)(F)c1ccc(Cl)c(NC(=S)N/N=C/c2sc(N3CCOCC3)nc2-c2ccccc2)c1. The van der Waals surface area contributed by atoms with Crippen molar-refractivity contribution in [2.45, 2.75) is 6.18 Å². The lowest BCUT2D eigenvalue weighted by Crippen LogP contribution is -2.36. The average molecular weight is 526 g/mol. The van der Waals surface area contributed by atoms with E-state index in [1.807, 2.05) is 30.3 Å². The second kappa shape index (κ2) is 10.7. The molecule has 1 fully saturated rings. The van der Waals surface area contributed by atoms with Crippen molar-refractivity contribution in [3.05, 3.63) is 64.0 Å². The summed E-state index contributed by atoms with van der Waals surface area (Å²) in [4.78, 5) is 7.78. The number of hydrogen-bond acceptors (Lipinski definition) is 6. The molecule has 1 aliphatic rings. The first kappa shape index (κ1) is 24.4. The summed E-state index contributed by atoms with van der Waals surface area (Å²) >= 11 is 12.7. The van der Waals surface area contributed by atoms with Crippen LogP contribution < -0.4 is 15.6 Å². The number of nitrogens with zero attached hydrogens (tertiary/aromatic N) is 3. The normalized spacial score (nSPS) is 14.4. The lowest BCUT2D eigenvalue weighted by Gasteiger charge is -2.26. The first-order chi connectivity index (χ1) is 16.3. The number of rotatable bonds is 5. The minimum atomic E-state index is -4.49. The number of nitrogens with one attached hydrogen (secondary N) is 2. The van der Waals surface area contributed by atoms with Crippen molar-refractivity contribution in [2.24, 2.45) is 5.10 Å². The van der Waals surface area contributed by atoms with Crippen LogP contribution in [0.15, 0.2) is 53.6 Å². The fourth-order valence-electron chi connectivity index (χ4n) is 3.20. The molecule has 2 aromatic carbocycles. The van der Waals surface area contributed by atoms with Crippen LogP contribution in [0.2, 0.25) is 5.02 Å². The van der Waals surface area contributed by atoms with Crippen LogP contribution in [0.1, 0.15) is 10.4 Å². The van der Waals surface area contributed by atoms with Crippen molar-refractivity contribution in [3.63, 3.8) is 0 Å². The molecular formula is C22H19ClF3N5OS2. The van der Waals surface area contributed by atoms with Gasteiger partial charge in [0.2, 0.25) is 0 Å². The number of anilines is 2. The maximum Gasteiger partial charge on any atom is 0.416 e. The lowest BCUT2D eigenvalue weighted by atomic mass is 10.1. The molecule has 0 amide bonds. The number of halogens is 4. The van der Waals surface area contributed by atoms with Gasteiger partial charge in [0.1, 0.15) is 0 Å². The molecule has 0 unspecified atom stereocenters. The minimum Gasteiger partial charge on any atom is -0.378 e. The average Bonchev–Trinajstić information content (AvgIpc) is 3.25. The third-order valence-electron chi connectivity index (χ3n) is 4.86. The van der Waals surface area contributed by atoms with Crippen molar-refractivity contribution in [1.29, 1.82) is 0 Å². The van der Waals surface area contributed by atoms with Crippen LogP contribution >= 0.6 is 35.2 Å². The van der Waals surface area contributed by atoms with E-state index in [2.05, 4.69) is 20.7 Å². The Kier molecular flexibility index (Phi) is 7.67. The highest BCUT2D eigenvalue weighted by molar-refractivity contribution is 7.80. The molecule has 2 N–H and O–H groups in total. The van der Waals surface area contributed by atoms with E-state index < -0.39 is 11.7 Å². The Balaban J connectivity index is 1.50. The van der Waals surface area contributed by atoms with Gasteiger partial charge >= 0.3 is 6.18 Å². The van der Waals surface area contributed by atoms with Crippen molar-refractivity contribution >= 4 is 57.3 Å². The lowest BCUT2D eigenvalue weighted by molar-refractivity contribution is -0.137. The van der Waals surface area contributed by atoms with Gasteiger partial charge in [-0.25, -0.2) is 4.98 Å². The van der Waals surface area contributed by atoms with Gasteiger partial charge in [0.15, 0.2) is 10.2 Å². The molecule has 0 radical (unpaired) electrons. The van der Waals surface area contributed by atoms with Gasteiger partial charge in [0, 0.05) is 18.7 Å². The molecule has 12 heteroatoms. The Labute approximate surface area is 208 Å². The highest BCUT2D eigenvalue weighted by atomic mass is 35.5. The van der Waals surface area contributed by atoms with E-state index in [1.165, 1.54) is 11.3 Å². The molecule has 0 saturated carbocycles. The zero-order valence-electron chi connectivity index (χ0n) is 17.6. The van der Waals surface area contributed by atoms with Gasteiger partial charge in [0.25, 0.3) is 0 Å². The van der Waals surface area contributed by atoms with Crippen molar-refractivity contribution < 1.29 is 17.9 Å². The number of thiazole rings is 1. The molecule has 6 nitrogen and oxygen atoms in total. The summed E-state index contributed by atoms with van der Waals surface area (Å²) in [6.07, 6.45) is -2.90. The predicted octanol–water partition coefficient (Wildman–Crippen LogP) is 5.64. The van der Waals surface area contributed by atoms with E-state index in [0.717, 1.165) is 52.6 Å². The zero-order chi connectivity index (χ0) is 24.1. The molecule has 34 heavy (non-hydrogen) atoms. The van der Waals surface area contributed by atoms with Crippen LogP contribution in [0.25, 0.3) is 11.3 Å². The van der Waals surface area contributed by atoms with E-state index in [-0.39, 0.29) is 15.8 Å². The molecule has 0 bridgehead atoms. The summed E-state index contributed by atoms with van der Waals surface area (Å²) in [5.41, 5.74) is 3.54. The van der Waals surface area contributed by atoms with Gasteiger partial charge in [0.05, 0.1) is 46.3 Å². The van der Waals surface area contributed by atoms with Gasteiger partial charge in [-0.2, -0.15) is 18.3 Å². The Morgan fingerprint density at radius 2 is 1.91 bits per heavy atom. The maximum atomic E-state index is 13.0. The number of thiocarbonyl (C=S) groups is 1. The fourth-order valence-corrected chi connectivity index (χ4v) is 4.54. The van der Waals surface area contributed by atoms with Gasteiger partial charge in [-0.05, 0) is 30.4 Å². The summed E-state index contributed by atoms with van der Waals surface area (Å²) in [6, 6.07) is 12.7. The van der Waals surface area contributed by atoms with Crippen LogP contribution in [-0.2, 0) is 10.9 Å². The van der Waals surface area contributed by atoms with E-state index in [9.17, 15) is 13.2 Å². The number of morpholine rings is 1. The van der Waals surface area contributed by atoms with Crippen LogP contribution in [0.5, 0.6) is 0 Å². The standard InChI is InChI=1S/C22H19ClF3N5OS2/c23-16-7-6-15(22(24,25)26)12-17(16)28-20(33)30-27-13-18-19(14-4-2-1-3-5-14)29-21(34-18)31-8-10-32-11-9-31/h1-7,12-13H,8-11H2,(H2,28,30,33)/b27-13+. The second-order valence-electron chi connectivity index (χ2n) is 7.19. The van der Waals surface area contributed by atoms with Gasteiger partial charge in [-0.15, -0.1) is 0 Å². The molecule has 4 rings (SSSR count). The zero-order valence-corrected chi connectivity index (χ0v) is 20.0. The Bertz CT molecular complexity index is 1180. The predicted molar refractivity (Wildman–Crippen MR) is 134 cm³/mol. The number of hydrazone groups is 1. The Hall–Kier alpha value is -2.73. The quantitative estimate of drug-likeness (QED) is 0.255. The topological polar surface area (TPSA) is 61.8 Å². The first-order valence-electron chi connectivity index (χ1n) is 10.2. The molecule has 1 aromatic heterocycles. The van der Waals surface area contributed by atoms with Crippen LogP contribution in [0, 0.1) is 0 Å². The van der Waals surface area contributed by atoms with Crippen molar-refractivity contribution in [3.8, 4) is 11.3 Å². The molecule has 2 heterocycles. The molecule has 3 aromatic rings. The molecule has 1 aliphatic heterocycles. The van der Waals surface area contributed by atoms with Gasteiger partial charge < -0.3 is 15.0 Å². The van der Waals surface area contributed by atoms with E-state index in [1.54, 1.807) is 6.21 Å². The fraction of sp³-hybridized carbons (Fsp3) is 0.227. The summed E-state index contributed by atoms with van der Waals surface area (Å²) in [6.45, 7) is 2.79. The van der Waals surface area contributed by atoms with Crippen LogP contribution in [0.4, 0.5) is 24.0 Å².